The highest BCUT2D eigenvalue weighted by Crippen LogP contribution is 2.44. The summed E-state index contributed by atoms with van der Waals surface area (Å²) in [5, 5.41) is 11.2. The number of rotatable bonds is 6. The van der Waals surface area contributed by atoms with Crippen LogP contribution in [0.4, 0.5) is 4.79 Å². The van der Waals surface area contributed by atoms with Gasteiger partial charge < -0.3 is 15.2 Å². The maximum atomic E-state index is 12.5. The average molecular weight is 429 g/mol. The third-order valence-electron chi connectivity index (χ3n) is 6.04. The fourth-order valence-corrected chi connectivity index (χ4v) is 5.79. The number of carboxylic acid groups (broad SMARTS) is 1. The maximum absolute atomic E-state index is 12.5. The molecule has 30 heavy (non-hydrogen) atoms. The highest BCUT2D eigenvalue weighted by Gasteiger charge is 2.51. The molecule has 0 radical (unpaired) electrons. The number of carbonyl (C=O) groups excluding carboxylic acids is 1. The largest absolute Gasteiger partial charge is 0.481 e. The third-order valence-corrected chi connectivity index (χ3v) is 7.59. The van der Waals surface area contributed by atoms with Crippen molar-refractivity contribution in [2.24, 2.45) is 0 Å². The number of carboxylic acids is 1. The molecule has 1 saturated carbocycles. The molecule has 2 aromatic carbocycles. The van der Waals surface area contributed by atoms with Crippen molar-refractivity contribution in [2.45, 2.75) is 36.0 Å². The zero-order valence-electron chi connectivity index (χ0n) is 16.5. The molecule has 0 aromatic heterocycles. The Hall–Kier alpha value is -2.87. The van der Waals surface area contributed by atoms with Crippen LogP contribution in [0.25, 0.3) is 11.1 Å². The number of benzene rings is 2. The number of hydrogen-bond donors (Lipinski definition) is 2. The Labute approximate surface area is 175 Å². The number of hydrogen-bond acceptors (Lipinski definition) is 5. The highest BCUT2D eigenvalue weighted by molar-refractivity contribution is 7.91. The van der Waals surface area contributed by atoms with Crippen LogP contribution in [0.3, 0.4) is 0 Å². The molecule has 2 aliphatic carbocycles. The van der Waals surface area contributed by atoms with Gasteiger partial charge in [-0.2, -0.15) is 0 Å². The second-order valence-electron chi connectivity index (χ2n) is 8.16. The topological polar surface area (TPSA) is 110 Å². The molecule has 0 bridgehead atoms. The minimum atomic E-state index is -3.29. The van der Waals surface area contributed by atoms with E-state index in [0.717, 1.165) is 28.5 Å². The summed E-state index contributed by atoms with van der Waals surface area (Å²) < 4.78 is 28.9. The van der Waals surface area contributed by atoms with Crippen LogP contribution in [0.1, 0.15) is 36.3 Å². The van der Waals surface area contributed by atoms with Crippen LogP contribution >= 0.6 is 0 Å². The monoisotopic (exact) mass is 429 g/mol. The van der Waals surface area contributed by atoms with E-state index in [1.54, 1.807) is 0 Å². The molecule has 0 aliphatic heterocycles. The van der Waals surface area contributed by atoms with Crippen LogP contribution in [-0.2, 0) is 19.4 Å². The molecule has 2 N–H and O–H groups in total. The van der Waals surface area contributed by atoms with E-state index in [-0.39, 0.29) is 31.8 Å². The van der Waals surface area contributed by atoms with Crippen LogP contribution < -0.4 is 5.32 Å². The normalized spacial score (nSPS) is 22.5. The molecule has 8 heteroatoms. The van der Waals surface area contributed by atoms with Gasteiger partial charge in [-0.1, -0.05) is 48.5 Å². The SMILES string of the molecule is CS(=O)(=O)C1CC(CC(=O)O)(NC(=O)OCC2c3ccccc3-c3ccccc32)C1. The summed E-state index contributed by atoms with van der Waals surface area (Å²) in [4.78, 5) is 23.7. The zero-order valence-corrected chi connectivity index (χ0v) is 17.3. The second-order valence-corrected chi connectivity index (χ2v) is 10.5. The van der Waals surface area contributed by atoms with Gasteiger partial charge in [0, 0.05) is 12.2 Å². The van der Waals surface area contributed by atoms with Crippen LogP contribution in [0.2, 0.25) is 0 Å². The summed E-state index contributed by atoms with van der Waals surface area (Å²) in [5.74, 6) is -1.20. The van der Waals surface area contributed by atoms with E-state index in [2.05, 4.69) is 5.32 Å². The van der Waals surface area contributed by atoms with Crippen molar-refractivity contribution in [2.75, 3.05) is 12.9 Å². The van der Waals surface area contributed by atoms with Crippen LogP contribution in [-0.4, -0.2) is 49.2 Å². The lowest BCUT2D eigenvalue weighted by atomic mass is 9.74. The number of fused-ring (bicyclic) bond motifs is 3. The predicted molar refractivity (Wildman–Crippen MR) is 111 cm³/mol. The van der Waals surface area contributed by atoms with Crippen molar-refractivity contribution in [3.63, 3.8) is 0 Å². The molecule has 158 valence electrons. The number of ether oxygens (including phenoxy) is 1. The molecule has 0 saturated heterocycles. The molecule has 0 atom stereocenters. The summed E-state index contributed by atoms with van der Waals surface area (Å²) in [6.45, 7) is 0.110. The van der Waals surface area contributed by atoms with Crippen molar-refractivity contribution >= 4 is 21.9 Å². The molecule has 0 spiro atoms. The fraction of sp³-hybridized carbons (Fsp3) is 0.364. The summed E-state index contributed by atoms with van der Waals surface area (Å²) in [7, 11) is -3.29. The summed E-state index contributed by atoms with van der Waals surface area (Å²) in [6, 6.07) is 15.9. The van der Waals surface area contributed by atoms with Gasteiger partial charge in [-0.3, -0.25) is 4.79 Å². The molecular weight excluding hydrogens is 406 g/mol. The summed E-state index contributed by atoms with van der Waals surface area (Å²) in [6.07, 6.45) is 0.189. The average Bonchev–Trinajstić information content (AvgIpc) is 2.97. The van der Waals surface area contributed by atoms with Crippen molar-refractivity contribution in [1.82, 2.24) is 5.32 Å². The van der Waals surface area contributed by atoms with Gasteiger partial charge in [-0.05, 0) is 35.1 Å². The van der Waals surface area contributed by atoms with E-state index < -0.39 is 32.7 Å². The van der Waals surface area contributed by atoms with E-state index in [1.165, 1.54) is 0 Å². The molecule has 1 amide bonds. The Bertz CT molecular complexity index is 1060. The quantitative estimate of drug-likeness (QED) is 0.731. The molecule has 0 unspecified atom stereocenters. The van der Waals surface area contributed by atoms with Gasteiger partial charge >= 0.3 is 12.1 Å². The standard InChI is InChI=1S/C22H23NO6S/c1-30(27,28)14-10-22(11-14,12-20(24)25)23-21(26)29-13-19-17-8-4-2-6-15(17)16-7-3-5-9-18(16)19/h2-9,14,19H,10-13H2,1H3,(H,23,26)(H,24,25). The number of nitrogens with one attached hydrogen (secondary N) is 1. The number of carbonyl (C=O) groups is 2. The minimum Gasteiger partial charge on any atom is -0.481 e. The molecule has 2 aromatic rings. The van der Waals surface area contributed by atoms with Crippen molar-refractivity contribution < 1.29 is 27.9 Å². The van der Waals surface area contributed by atoms with Gasteiger partial charge in [0.25, 0.3) is 0 Å². The first-order valence-corrected chi connectivity index (χ1v) is 11.7. The van der Waals surface area contributed by atoms with Crippen LogP contribution in [0.15, 0.2) is 48.5 Å². The Morgan fingerprint density at radius 2 is 1.60 bits per heavy atom. The van der Waals surface area contributed by atoms with E-state index >= 15 is 0 Å². The number of alkyl carbamates (subject to hydrolysis) is 1. The lowest BCUT2D eigenvalue weighted by molar-refractivity contribution is -0.139. The van der Waals surface area contributed by atoms with Crippen LogP contribution in [0.5, 0.6) is 0 Å². The van der Waals surface area contributed by atoms with Crippen LogP contribution in [0, 0.1) is 0 Å². The molecule has 7 nitrogen and oxygen atoms in total. The first-order valence-electron chi connectivity index (χ1n) is 9.72. The lowest BCUT2D eigenvalue weighted by Gasteiger charge is -2.46. The Kier molecular flexibility index (Phi) is 5.05. The van der Waals surface area contributed by atoms with Gasteiger partial charge in [-0.25, -0.2) is 13.2 Å². The minimum absolute atomic E-state index is 0.0718. The van der Waals surface area contributed by atoms with Crippen molar-refractivity contribution in [3.8, 4) is 11.1 Å². The Balaban J connectivity index is 1.45. The van der Waals surface area contributed by atoms with E-state index in [4.69, 9.17) is 4.74 Å². The number of sulfone groups is 1. The summed E-state index contributed by atoms with van der Waals surface area (Å²) >= 11 is 0. The van der Waals surface area contributed by atoms with Gasteiger partial charge in [0.1, 0.15) is 16.4 Å². The molecule has 1 fully saturated rings. The van der Waals surface area contributed by atoms with Gasteiger partial charge in [0.05, 0.1) is 17.2 Å². The molecule has 2 aliphatic rings. The molecular formula is C22H23NO6S. The number of aliphatic carboxylic acids is 1. The van der Waals surface area contributed by atoms with Gasteiger partial charge in [-0.15, -0.1) is 0 Å². The Morgan fingerprint density at radius 1 is 1.07 bits per heavy atom. The van der Waals surface area contributed by atoms with E-state index in [1.807, 2.05) is 48.5 Å². The predicted octanol–water partition coefficient (Wildman–Crippen LogP) is 2.95. The second kappa shape index (κ2) is 7.43. The maximum Gasteiger partial charge on any atom is 0.407 e. The zero-order chi connectivity index (χ0) is 21.5. The van der Waals surface area contributed by atoms with E-state index in [9.17, 15) is 23.1 Å². The smallest absolute Gasteiger partial charge is 0.407 e. The van der Waals surface area contributed by atoms with Gasteiger partial charge in [0.15, 0.2) is 0 Å². The third kappa shape index (κ3) is 3.79. The van der Waals surface area contributed by atoms with Crippen molar-refractivity contribution in [1.29, 1.82) is 0 Å². The lowest BCUT2D eigenvalue weighted by Crippen LogP contribution is -2.62. The first-order chi connectivity index (χ1) is 14.2. The van der Waals surface area contributed by atoms with E-state index in [0.29, 0.717) is 0 Å². The first kappa shape index (κ1) is 20.4. The van der Waals surface area contributed by atoms with Gasteiger partial charge in [0.2, 0.25) is 0 Å². The molecule has 0 heterocycles. The van der Waals surface area contributed by atoms with Crippen molar-refractivity contribution in [3.05, 3.63) is 59.7 Å². The number of amides is 1. The molecule has 4 rings (SSSR count). The highest BCUT2D eigenvalue weighted by atomic mass is 32.2. The Morgan fingerprint density at radius 3 is 2.10 bits per heavy atom. The summed E-state index contributed by atoms with van der Waals surface area (Å²) in [5.41, 5.74) is 3.28. The fourth-order valence-electron chi connectivity index (χ4n) is 4.55.